The third kappa shape index (κ3) is 5.67. The van der Waals surface area contributed by atoms with Crippen LogP contribution in [0, 0.1) is 30.6 Å². The number of aliphatic hydroxyl groups is 1. The smallest absolute Gasteiger partial charge is 0.312 e. The third-order valence-corrected chi connectivity index (χ3v) is 9.98. The second-order valence-corrected chi connectivity index (χ2v) is 13.4. The van der Waals surface area contributed by atoms with Gasteiger partial charge in [0.15, 0.2) is 0 Å². The summed E-state index contributed by atoms with van der Waals surface area (Å²) in [5.41, 5.74) is -0.927. The molecule has 2 amide bonds. The van der Waals surface area contributed by atoms with Crippen LogP contribution in [0.15, 0.2) is 43.5 Å². The van der Waals surface area contributed by atoms with E-state index in [0.717, 1.165) is 18.4 Å². The van der Waals surface area contributed by atoms with Gasteiger partial charge in [0.05, 0.1) is 41.5 Å². The van der Waals surface area contributed by atoms with E-state index in [1.807, 2.05) is 52.8 Å². The molecule has 4 rings (SSSR count). The van der Waals surface area contributed by atoms with Crippen LogP contribution in [0.25, 0.3) is 0 Å². The van der Waals surface area contributed by atoms with Gasteiger partial charge in [-0.25, -0.2) is 0 Å². The van der Waals surface area contributed by atoms with Gasteiger partial charge in [0, 0.05) is 6.54 Å². The average molecular weight is 615 g/mol. The van der Waals surface area contributed by atoms with Crippen molar-refractivity contribution in [3.05, 3.63) is 54.1 Å². The van der Waals surface area contributed by atoms with Crippen molar-refractivity contribution < 1.29 is 29.0 Å². The topological polar surface area (TPSA) is 96.4 Å². The molecule has 1 spiro atoms. The molecule has 0 aromatic heterocycles. The standard InChI is InChI=1S/C34H47ClN2O6/c1-8-10-11-12-17-42-32(41)27-26-30(39)37(24(20-38)18-21(3)4)29(34(26)19-23(6)33(27,7)43-34)31(40)36(16-9-2)28-22(5)14-13-15-25(28)35/h8-9,13-15,21,23-24,26-27,29,38H,1-2,10-12,16-20H2,3-7H3/t23?,24-,26+,27-,29?,33+,34?/m1/s1. The zero-order valence-electron chi connectivity index (χ0n) is 26.2. The molecule has 3 unspecified atom stereocenters. The number of unbranched alkanes of at least 4 members (excludes halogenated alkanes) is 2. The average Bonchev–Trinajstić information content (AvgIpc) is 3.47. The number of nitrogens with zero attached hydrogens (tertiary/aromatic N) is 2. The van der Waals surface area contributed by atoms with E-state index in [9.17, 15) is 19.5 Å². The Bertz CT molecular complexity index is 1230. The van der Waals surface area contributed by atoms with Gasteiger partial charge in [-0.05, 0) is 69.4 Å². The van der Waals surface area contributed by atoms with Crippen LogP contribution in [-0.2, 0) is 23.9 Å². The van der Waals surface area contributed by atoms with Crippen molar-refractivity contribution >= 4 is 35.1 Å². The molecular weight excluding hydrogens is 568 g/mol. The van der Waals surface area contributed by atoms with Crippen LogP contribution >= 0.6 is 11.6 Å². The SMILES string of the molecule is C=CCCCCOC(=O)[C@H]1[C@H]2C(=O)N([C@@H](CO)CC(C)C)C(C(=O)N(CC=C)c3c(C)cccc3Cl)C23CC(C)[C@]1(C)O3. The number of carbonyl (C=O) groups excluding carboxylic acids is 3. The number of para-hydroxylation sites is 1. The molecule has 43 heavy (non-hydrogen) atoms. The Labute approximate surface area is 261 Å². The van der Waals surface area contributed by atoms with Crippen molar-refractivity contribution in [3.63, 3.8) is 0 Å². The van der Waals surface area contributed by atoms with Gasteiger partial charge < -0.3 is 24.4 Å². The van der Waals surface area contributed by atoms with Gasteiger partial charge in [-0.2, -0.15) is 0 Å². The van der Waals surface area contributed by atoms with Crippen molar-refractivity contribution in [2.24, 2.45) is 23.7 Å². The van der Waals surface area contributed by atoms with Crippen LogP contribution in [0.1, 0.15) is 65.4 Å². The molecule has 8 nitrogen and oxygen atoms in total. The molecule has 1 N–H and O–H groups in total. The first-order valence-corrected chi connectivity index (χ1v) is 15.8. The number of rotatable bonds is 14. The zero-order valence-corrected chi connectivity index (χ0v) is 26.9. The van der Waals surface area contributed by atoms with Gasteiger partial charge in [-0.3, -0.25) is 14.4 Å². The summed E-state index contributed by atoms with van der Waals surface area (Å²) in [5.74, 6) is -2.98. The fourth-order valence-electron chi connectivity index (χ4n) is 7.71. The number of aliphatic hydroxyl groups excluding tert-OH is 1. The van der Waals surface area contributed by atoms with Crippen LogP contribution in [0.2, 0.25) is 5.02 Å². The van der Waals surface area contributed by atoms with Gasteiger partial charge in [-0.1, -0.05) is 56.7 Å². The molecule has 7 atom stereocenters. The fraction of sp³-hybridized carbons (Fsp3) is 0.618. The number of aryl methyl sites for hydroxylation is 1. The van der Waals surface area contributed by atoms with Crippen molar-refractivity contribution in [2.75, 3.05) is 24.7 Å². The highest BCUT2D eigenvalue weighted by Crippen LogP contribution is 2.66. The number of esters is 1. The summed E-state index contributed by atoms with van der Waals surface area (Å²) >= 11 is 6.67. The highest BCUT2D eigenvalue weighted by Gasteiger charge is 2.80. The maximum Gasteiger partial charge on any atom is 0.312 e. The number of halogens is 1. The lowest BCUT2D eigenvalue weighted by atomic mass is 9.62. The number of allylic oxidation sites excluding steroid dienone is 1. The van der Waals surface area contributed by atoms with E-state index in [2.05, 4.69) is 13.2 Å². The van der Waals surface area contributed by atoms with E-state index >= 15 is 0 Å². The first-order valence-electron chi connectivity index (χ1n) is 15.5. The van der Waals surface area contributed by atoms with Crippen molar-refractivity contribution in [1.29, 1.82) is 0 Å². The predicted molar refractivity (Wildman–Crippen MR) is 168 cm³/mol. The number of likely N-dealkylation sites (tertiary alicyclic amines) is 1. The molecule has 1 aromatic carbocycles. The predicted octanol–water partition coefficient (Wildman–Crippen LogP) is 5.48. The van der Waals surface area contributed by atoms with Crippen molar-refractivity contribution in [1.82, 2.24) is 4.90 Å². The van der Waals surface area contributed by atoms with E-state index < -0.39 is 41.1 Å². The molecule has 0 radical (unpaired) electrons. The summed E-state index contributed by atoms with van der Waals surface area (Å²) in [6.07, 6.45) is 6.70. The Morgan fingerprint density at radius 1 is 1.28 bits per heavy atom. The number of ether oxygens (including phenoxy) is 2. The first kappa shape index (κ1) is 33.2. The van der Waals surface area contributed by atoms with E-state index in [1.165, 1.54) is 4.90 Å². The van der Waals surface area contributed by atoms with Crippen molar-refractivity contribution in [2.45, 2.75) is 90.0 Å². The molecule has 3 saturated heterocycles. The summed E-state index contributed by atoms with van der Waals surface area (Å²) in [4.78, 5) is 46.4. The summed E-state index contributed by atoms with van der Waals surface area (Å²) in [6, 6.07) is 3.70. The van der Waals surface area contributed by atoms with Crippen LogP contribution in [0.3, 0.4) is 0 Å². The number of hydrogen-bond donors (Lipinski definition) is 1. The Morgan fingerprint density at radius 3 is 2.60 bits per heavy atom. The molecule has 1 aromatic rings. The Balaban J connectivity index is 1.83. The quantitative estimate of drug-likeness (QED) is 0.169. The van der Waals surface area contributed by atoms with Crippen LogP contribution in [0.5, 0.6) is 0 Å². The number of benzene rings is 1. The molecule has 236 valence electrons. The molecule has 9 heteroatoms. The highest BCUT2D eigenvalue weighted by atomic mass is 35.5. The normalized spacial score (nSPS) is 30.0. The van der Waals surface area contributed by atoms with Gasteiger partial charge in [0.2, 0.25) is 5.91 Å². The summed E-state index contributed by atoms with van der Waals surface area (Å²) in [6.45, 7) is 17.4. The van der Waals surface area contributed by atoms with Crippen LogP contribution < -0.4 is 4.90 Å². The summed E-state index contributed by atoms with van der Waals surface area (Å²) in [7, 11) is 0. The number of hydrogen-bond acceptors (Lipinski definition) is 6. The lowest BCUT2D eigenvalue weighted by Crippen LogP contribution is -2.59. The minimum absolute atomic E-state index is 0.127. The number of anilines is 1. The molecule has 0 saturated carbocycles. The Morgan fingerprint density at radius 2 is 2.00 bits per heavy atom. The summed E-state index contributed by atoms with van der Waals surface area (Å²) < 4.78 is 12.6. The third-order valence-electron chi connectivity index (χ3n) is 9.67. The van der Waals surface area contributed by atoms with Crippen LogP contribution in [0.4, 0.5) is 5.69 Å². The van der Waals surface area contributed by atoms with Gasteiger partial charge in [0.25, 0.3) is 5.91 Å². The lowest BCUT2D eigenvalue weighted by Gasteiger charge is -2.40. The lowest BCUT2D eigenvalue weighted by molar-refractivity contribution is -0.162. The Kier molecular flexibility index (Phi) is 10.1. The summed E-state index contributed by atoms with van der Waals surface area (Å²) in [5, 5.41) is 11.0. The minimum Gasteiger partial charge on any atom is -0.465 e. The maximum absolute atomic E-state index is 14.9. The number of carbonyl (C=O) groups is 3. The second kappa shape index (κ2) is 13.1. The fourth-order valence-corrected chi connectivity index (χ4v) is 8.04. The number of amides is 2. The molecule has 2 bridgehead atoms. The second-order valence-electron chi connectivity index (χ2n) is 13.0. The van der Waals surface area contributed by atoms with E-state index in [4.69, 9.17) is 21.1 Å². The van der Waals surface area contributed by atoms with E-state index in [1.54, 1.807) is 17.0 Å². The largest absolute Gasteiger partial charge is 0.465 e. The van der Waals surface area contributed by atoms with Gasteiger partial charge >= 0.3 is 5.97 Å². The minimum atomic E-state index is -1.27. The number of fused-ring (bicyclic) bond motifs is 1. The van der Waals surface area contributed by atoms with Gasteiger partial charge in [0.1, 0.15) is 17.6 Å². The molecule has 3 heterocycles. The Hall–Kier alpha value is -2.68. The first-order chi connectivity index (χ1) is 20.4. The van der Waals surface area contributed by atoms with E-state index in [0.29, 0.717) is 30.0 Å². The van der Waals surface area contributed by atoms with Gasteiger partial charge in [-0.15, -0.1) is 13.2 Å². The monoisotopic (exact) mass is 614 g/mol. The maximum atomic E-state index is 14.9. The van der Waals surface area contributed by atoms with E-state index in [-0.39, 0.29) is 43.4 Å². The molecular formula is C34H47ClN2O6. The van der Waals surface area contributed by atoms with Crippen LogP contribution in [-0.4, -0.2) is 70.8 Å². The zero-order chi connectivity index (χ0) is 31.7. The molecule has 3 aliphatic rings. The molecule has 0 aliphatic carbocycles. The van der Waals surface area contributed by atoms with Crippen molar-refractivity contribution in [3.8, 4) is 0 Å². The highest BCUT2D eigenvalue weighted by molar-refractivity contribution is 6.34. The molecule has 3 fully saturated rings. The molecule has 3 aliphatic heterocycles.